The first kappa shape index (κ1) is 20.4. The lowest BCUT2D eigenvalue weighted by Gasteiger charge is -2.20. The molecule has 1 saturated heterocycles. The van der Waals surface area contributed by atoms with Gasteiger partial charge in [-0.1, -0.05) is 18.9 Å². The van der Waals surface area contributed by atoms with Gasteiger partial charge < -0.3 is 5.32 Å². The van der Waals surface area contributed by atoms with Crippen LogP contribution < -0.4 is 5.32 Å². The van der Waals surface area contributed by atoms with Crippen molar-refractivity contribution in [2.75, 3.05) is 18.4 Å². The van der Waals surface area contributed by atoms with Crippen molar-refractivity contribution in [2.45, 2.75) is 37.5 Å². The van der Waals surface area contributed by atoms with Crippen LogP contribution in [0.1, 0.15) is 41.6 Å². The van der Waals surface area contributed by atoms with Gasteiger partial charge in [0.15, 0.2) is 0 Å². The van der Waals surface area contributed by atoms with Crippen LogP contribution in [0.25, 0.3) is 0 Å². The number of rotatable bonds is 4. The highest BCUT2D eigenvalue weighted by atomic mass is 32.2. The summed E-state index contributed by atoms with van der Waals surface area (Å²) in [7, 11) is -4.04. The molecule has 1 aliphatic heterocycles. The molecule has 150 valence electrons. The van der Waals surface area contributed by atoms with E-state index in [1.165, 1.54) is 28.6 Å². The van der Waals surface area contributed by atoms with Crippen molar-refractivity contribution >= 4 is 21.6 Å². The predicted octanol–water partition coefficient (Wildman–Crippen LogP) is 4.09. The minimum atomic E-state index is -4.04. The van der Waals surface area contributed by atoms with Crippen molar-refractivity contribution < 1.29 is 22.0 Å². The van der Waals surface area contributed by atoms with Gasteiger partial charge in [0.1, 0.15) is 16.5 Å². The van der Waals surface area contributed by atoms with Crippen molar-refractivity contribution in [3.8, 4) is 0 Å². The molecule has 1 heterocycles. The van der Waals surface area contributed by atoms with E-state index in [2.05, 4.69) is 5.32 Å². The Morgan fingerprint density at radius 1 is 0.964 bits per heavy atom. The molecule has 5 nitrogen and oxygen atoms in total. The number of anilines is 1. The number of hydrogen-bond acceptors (Lipinski definition) is 3. The fraction of sp³-hybridized carbons (Fsp3) is 0.350. The number of nitrogens with one attached hydrogen (secondary N) is 1. The molecule has 0 unspecified atom stereocenters. The van der Waals surface area contributed by atoms with Gasteiger partial charge in [-0.15, -0.1) is 0 Å². The molecule has 1 aliphatic rings. The first-order valence-corrected chi connectivity index (χ1v) is 10.6. The predicted molar refractivity (Wildman–Crippen MR) is 103 cm³/mol. The third-order valence-corrected chi connectivity index (χ3v) is 6.72. The zero-order valence-corrected chi connectivity index (χ0v) is 16.4. The number of benzene rings is 2. The van der Waals surface area contributed by atoms with E-state index in [9.17, 15) is 22.0 Å². The highest BCUT2D eigenvalue weighted by Gasteiger charge is 2.29. The summed E-state index contributed by atoms with van der Waals surface area (Å²) in [5.74, 6) is -2.01. The van der Waals surface area contributed by atoms with Gasteiger partial charge in [-0.3, -0.25) is 4.79 Å². The molecule has 0 aromatic heterocycles. The zero-order valence-electron chi connectivity index (χ0n) is 15.5. The first-order chi connectivity index (χ1) is 13.3. The summed E-state index contributed by atoms with van der Waals surface area (Å²) in [5, 5.41) is 2.50. The maximum absolute atomic E-state index is 14.3. The summed E-state index contributed by atoms with van der Waals surface area (Å²) in [4.78, 5) is 12.0. The third kappa shape index (κ3) is 4.39. The first-order valence-electron chi connectivity index (χ1n) is 9.16. The number of nitrogens with zero attached hydrogens (tertiary/aromatic N) is 1. The van der Waals surface area contributed by atoms with Crippen LogP contribution in [0.4, 0.5) is 14.5 Å². The lowest BCUT2D eigenvalue weighted by atomic mass is 10.2. The normalized spacial score (nSPS) is 15.8. The molecule has 1 N–H and O–H groups in total. The minimum Gasteiger partial charge on any atom is -0.322 e. The molecule has 2 aromatic carbocycles. The molecule has 0 spiro atoms. The Morgan fingerprint density at radius 2 is 1.64 bits per heavy atom. The number of amides is 1. The van der Waals surface area contributed by atoms with Crippen LogP contribution in [-0.4, -0.2) is 31.7 Å². The second-order valence-corrected chi connectivity index (χ2v) is 8.79. The number of halogens is 2. The van der Waals surface area contributed by atoms with E-state index in [4.69, 9.17) is 0 Å². The fourth-order valence-electron chi connectivity index (χ4n) is 3.14. The second kappa shape index (κ2) is 8.36. The maximum Gasteiger partial charge on any atom is 0.255 e. The Bertz CT molecular complexity index is 985. The monoisotopic (exact) mass is 408 g/mol. The lowest BCUT2D eigenvalue weighted by Crippen LogP contribution is -2.32. The number of sulfonamides is 1. The van der Waals surface area contributed by atoms with Crippen LogP contribution >= 0.6 is 0 Å². The van der Waals surface area contributed by atoms with Crippen LogP contribution in [0.15, 0.2) is 41.3 Å². The van der Waals surface area contributed by atoms with Crippen LogP contribution in [0.3, 0.4) is 0 Å². The number of aryl methyl sites for hydroxylation is 1. The van der Waals surface area contributed by atoms with Crippen LogP contribution in [0, 0.1) is 18.6 Å². The van der Waals surface area contributed by atoms with Crippen molar-refractivity contribution in [2.24, 2.45) is 0 Å². The fourth-order valence-corrected chi connectivity index (χ4v) is 4.74. The summed E-state index contributed by atoms with van der Waals surface area (Å²) in [5.41, 5.74) is 0.649. The molecule has 1 amide bonds. The summed E-state index contributed by atoms with van der Waals surface area (Å²) >= 11 is 0. The Hall–Kier alpha value is -2.32. The Labute approximate surface area is 163 Å². The van der Waals surface area contributed by atoms with Gasteiger partial charge in [0.2, 0.25) is 10.0 Å². The molecule has 0 radical (unpaired) electrons. The van der Waals surface area contributed by atoms with Gasteiger partial charge >= 0.3 is 0 Å². The molecular formula is C20H22F2N2O3S. The van der Waals surface area contributed by atoms with E-state index >= 15 is 0 Å². The zero-order chi connectivity index (χ0) is 20.3. The summed E-state index contributed by atoms with van der Waals surface area (Å²) in [6.07, 6.45) is 3.31. The van der Waals surface area contributed by atoms with E-state index in [0.717, 1.165) is 37.8 Å². The SMILES string of the molecule is Cc1ccc(NC(=O)c2ccc(F)c(S(=O)(=O)N3CCCCCC3)c2)cc1F. The van der Waals surface area contributed by atoms with Crippen LogP contribution in [0.2, 0.25) is 0 Å². The van der Waals surface area contributed by atoms with Gasteiger partial charge in [0.25, 0.3) is 5.91 Å². The quantitative estimate of drug-likeness (QED) is 0.829. The molecule has 28 heavy (non-hydrogen) atoms. The molecular weight excluding hydrogens is 386 g/mol. The van der Waals surface area contributed by atoms with Crippen LogP contribution in [-0.2, 0) is 10.0 Å². The third-order valence-electron chi connectivity index (χ3n) is 4.81. The van der Waals surface area contributed by atoms with Crippen LogP contribution in [0.5, 0.6) is 0 Å². The van der Waals surface area contributed by atoms with Gasteiger partial charge in [0.05, 0.1) is 0 Å². The second-order valence-electron chi connectivity index (χ2n) is 6.88. The molecule has 0 atom stereocenters. The molecule has 0 saturated carbocycles. The Kier molecular flexibility index (Phi) is 6.10. The Morgan fingerprint density at radius 3 is 2.29 bits per heavy atom. The topological polar surface area (TPSA) is 66.5 Å². The van der Waals surface area contributed by atoms with E-state index < -0.39 is 32.5 Å². The van der Waals surface area contributed by atoms with Gasteiger partial charge in [-0.25, -0.2) is 17.2 Å². The molecule has 3 rings (SSSR count). The standard InChI is InChI=1S/C20H22F2N2O3S/c1-14-6-8-16(13-18(14)22)23-20(25)15-7-9-17(21)19(12-15)28(26,27)24-10-4-2-3-5-11-24/h6-9,12-13H,2-5,10-11H2,1H3,(H,23,25). The summed E-state index contributed by atoms with van der Waals surface area (Å²) < 4.78 is 55.0. The number of carbonyl (C=O) groups is 1. The van der Waals surface area contributed by atoms with Gasteiger partial charge in [-0.05, 0) is 55.7 Å². The number of carbonyl (C=O) groups excluding carboxylic acids is 1. The van der Waals surface area contributed by atoms with E-state index in [-0.39, 0.29) is 11.3 Å². The van der Waals surface area contributed by atoms with E-state index in [1.54, 1.807) is 6.92 Å². The number of hydrogen-bond donors (Lipinski definition) is 1. The molecule has 2 aromatic rings. The van der Waals surface area contributed by atoms with Crippen molar-refractivity contribution in [3.05, 3.63) is 59.2 Å². The van der Waals surface area contributed by atoms with Crippen molar-refractivity contribution in [1.82, 2.24) is 4.31 Å². The van der Waals surface area contributed by atoms with Crippen molar-refractivity contribution in [3.63, 3.8) is 0 Å². The smallest absolute Gasteiger partial charge is 0.255 e. The van der Waals surface area contributed by atoms with E-state index in [1.807, 2.05) is 0 Å². The highest BCUT2D eigenvalue weighted by Crippen LogP contribution is 2.24. The van der Waals surface area contributed by atoms with E-state index in [0.29, 0.717) is 18.7 Å². The molecule has 0 bridgehead atoms. The molecule has 8 heteroatoms. The van der Waals surface area contributed by atoms with Crippen molar-refractivity contribution in [1.29, 1.82) is 0 Å². The Balaban J connectivity index is 1.87. The van der Waals surface area contributed by atoms with Gasteiger partial charge in [0, 0.05) is 24.3 Å². The average Bonchev–Trinajstić information content (AvgIpc) is 2.95. The minimum absolute atomic E-state index is 0.0178. The summed E-state index contributed by atoms with van der Waals surface area (Å²) in [6, 6.07) is 7.44. The average molecular weight is 408 g/mol. The lowest BCUT2D eigenvalue weighted by molar-refractivity contribution is 0.102. The van der Waals surface area contributed by atoms with Gasteiger partial charge in [-0.2, -0.15) is 4.31 Å². The maximum atomic E-state index is 14.3. The molecule has 1 fully saturated rings. The largest absolute Gasteiger partial charge is 0.322 e. The highest BCUT2D eigenvalue weighted by molar-refractivity contribution is 7.89. The summed E-state index contributed by atoms with van der Waals surface area (Å²) in [6.45, 7) is 2.27. The molecule has 0 aliphatic carbocycles.